The molecule has 2 aromatic carbocycles. The van der Waals surface area contributed by atoms with Crippen molar-refractivity contribution in [1.29, 1.82) is 0 Å². The third-order valence-electron chi connectivity index (χ3n) is 4.27. The van der Waals surface area contributed by atoms with Crippen LogP contribution in [0.15, 0.2) is 71.2 Å². The number of aliphatic imine (C=N–C) groups is 1. The summed E-state index contributed by atoms with van der Waals surface area (Å²) in [4.78, 5) is 17.4. The van der Waals surface area contributed by atoms with E-state index in [1.54, 1.807) is 11.2 Å². The molecule has 1 atom stereocenters. The number of nitrogens with zero attached hydrogens (tertiary/aromatic N) is 3. The van der Waals surface area contributed by atoms with E-state index in [-0.39, 0.29) is 5.91 Å². The topological polar surface area (TPSA) is 35.7 Å². The van der Waals surface area contributed by atoms with Gasteiger partial charge in [-0.05, 0) is 30.2 Å². The number of carbonyl (C=O) groups is 1. The minimum atomic E-state index is -0.482. The number of hydrazine groups is 1. The van der Waals surface area contributed by atoms with Gasteiger partial charge in [0.15, 0.2) is 7.05 Å². The lowest BCUT2D eigenvalue weighted by molar-refractivity contribution is -0.495. The summed E-state index contributed by atoms with van der Waals surface area (Å²) < 4.78 is 1.87. The van der Waals surface area contributed by atoms with Gasteiger partial charge in [-0.3, -0.25) is 9.79 Å². The van der Waals surface area contributed by atoms with E-state index in [2.05, 4.69) is 11.1 Å². The van der Waals surface area contributed by atoms with Gasteiger partial charge in [0.1, 0.15) is 5.69 Å². The number of anilines is 1. The molecule has 1 aliphatic heterocycles. The van der Waals surface area contributed by atoms with Gasteiger partial charge in [0.25, 0.3) is 0 Å². The van der Waals surface area contributed by atoms with Gasteiger partial charge in [0.2, 0.25) is 11.8 Å². The highest BCUT2D eigenvalue weighted by Crippen LogP contribution is 2.20. The van der Waals surface area contributed by atoms with Crippen LogP contribution in [0.4, 0.5) is 5.69 Å². The summed E-state index contributed by atoms with van der Waals surface area (Å²) in [5.41, 5.74) is 3.89. The largest absolute Gasteiger partial charge is 0.318 e. The van der Waals surface area contributed by atoms with Gasteiger partial charge in [0, 0.05) is 13.1 Å². The highest BCUT2D eigenvalue weighted by atomic mass is 16.2. The maximum atomic E-state index is 12.8. The van der Waals surface area contributed by atoms with Crippen molar-refractivity contribution in [2.24, 2.45) is 4.99 Å². The zero-order valence-corrected chi connectivity index (χ0v) is 14.8. The molecule has 126 valence electrons. The van der Waals surface area contributed by atoms with Crippen molar-refractivity contribution >= 4 is 29.6 Å². The van der Waals surface area contributed by atoms with E-state index in [0.717, 1.165) is 22.5 Å². The van der Waals surface area contributed by atoms with Crippen LogP contribution in [0, 0.1) is 0 Å². The molecule has 0 fully saturated rings. The van der Waals surface area contributed by atoms with Gasteiger partial charge in [-0.2, -0.15) is 0 Å². The Morgan fingerprint density at radius 1 is 1.08 bits per heavy atom. The summed E-state index contributed by atoms with van der Waals surface area (Å²) in [5.74, 6) is -0.0324. The van der Waals surface area contributed by atoms with E-state index >= 15 is 0 Å². The Morgan fingerprint density at radius 2 is 1.68 bits per heavy atom. The summed E-state index contributed by atoms with van der Waals surface area (Å²) in [6.45, 7) is 3.93. The van der Waals surface area contributed by atoms with Crippen LogP contribution >= 0.6 is 0 Å². The van der Waals surface area contributed by atoms with Gasteiger partial charge in [-0.15, -0.1) is 4.68 Å². The van der Waals surface area contributed by atoms with Crippen LogP contribution < -0.4 is 5.01 Å². The lowest BCUT2D eigenvalue weighted by Crippen LogP contribution is -2.35. The lowest BCUT2D eigenvalue weighted by atomic mass is 10.1. The van der Waals surface area contributed by atoms with Gasteiger partial charge in [-0.25, -0.2) is 0 Å². The summed E-state index contributed by atoms with van der Waals surface area (Å²) in [6, 6.07) is 19.2. The van der Waals surface area contributed by atoms with E-state index in [0.29, 0.717) is 0 Å². The minimum absolute atomic E-state index is 0.0324. The van der Waals surface area contributed by atoms with Crippen molar-refractivity contribution in [3.63, 3.8) is 0 Å². The Kier molecular flexibility index (Phi) is 4.89. The van der Waals surface area contributed by atoms with Crippen molar-refractivity contribution < 1.29 is 9.48 Å². The van der Waals surface area contributed by atoms with Crippen LogP contribution in [0.5, 0.6) is 0 Å². The van der Waals surface area contributed by atoms with E-state index in [1.165, 1.54) is 0 Å². The third kappa shape index (κ3) is 3.58. The number of para-hydroxylation sites is 1. The Labute approximate surface area is 148 Å². The first kappa shape index (κ1) is 16.8. The molecule has 25 heavy (non-hydrogen) atoms. The second-order valence-electron chi connectivity index (χ2n) is 6.13. The summed E-state index contributed by atoms with van der Waals surface area (Å²) in [7, 11) is 1.89. The molecule has 1 aliphatic rings. The first-order valence-corrected chi connectivity index (χ1v) is 8.30. The standard InChI is InChI=1S/C21H22N3O/c1-16(14-18-10-6-4-7-11-18)15-22-20-17(2)23(3)24(21(20)25)19-12-8-5-9-13-19/h4-15,20H,1-3H3/q+1/b16-14+,22-15?. The number of hydrogen-bond donors (Lipinski definition) is 0. The van der Waals surface area contributed by atoms with E-state index in [1.807, 2.05) is 86.2 Å². The maximum Gasteiger partial charge on any atom is 0.318 e. The molecule has 0 radical (unpaired) electrons. The molecular formula is C21H22N3O+. The second-order valence-corrected chi connectivity index (χ2v) is 6.13. The maximum absolute atomic E-state index is 12.8. The zero-order valence-electron chi connectivity index (χ0n) is 14.8. The lowest BCUT2D eigenvalue weighted by Gasteiger charge is -2.10. The molecule has 2 aromatic rings. The molecule has 4 heteroatoms. The van der Waals surface area contributed by atoms with Gasteiger partial charge in [0.05, 0.1) is 0 Å². The van der Waals surface area contributed by atoms with Crippen molar-refractivity contribution in [1.82, 2.24) is 0 Å². The van der Waals surface area contributed by atoms with Gasteiger partial charge in [-0.1, -0.05) is 59.6 Å². The normalized spacial score (nSPS) is 18.5. The average molecular weight is 332 g/mol. The van der Waals surface area contributed by atoms with Crippen LogP contribution in [-0.2, 0) is 4.79 Å². The SMILES string of the molecule is CC1=[N+](C)N(c2ccccc2)C(=O)C1N=C/C(C)=C/c1ccccc1. The number of hydrazone groups is 1. The highest BCUT2D eigenvalue weighted by molar-refractivity contribution is 6.15. The van der Waals surface area contributed by atoms with E-state index in [4.69, 9.17) is 0 Å². The molecule has 0 saturated heterocycles. The smallest absolute Gasteiger partial charge is 0.268 e. The second kappa shape index (κ2) is 7.26. The fraction of sp³-hybridized carbons (Fsp3) is 0.190. The molecule has 1 unspecified atom stereocenters. The monoisotopic (exact) mass is 332 g/mol. The fourth-order valence-corrected chi connectivity index (χ4v) is 2.86. The number of carbonyl (C=O) groups excluding carboxylic acids is 1. The molecular weight excluding hydrogens is 310 g/mol. The molecule has 1 amide bonds. The Hall–Kier alpha value is -3.01. The quantitative estimate of drug-likeness (QED) is 0.622. The van der Waals surface area contributed by atoms with Crippen LogP contribution in [-0.4, -0.2) is 35.6 Å². The number of hydrogen-bond acceptors (Lipinski definition) is 2. The Bertz CT molecular complexity index is 851. The van der Waals surface area contributed by atoms with Crippen LogP contribution in [0.1, 0.15) is 19.4 Å². The molecule has 0 spiro atoms. The minimum Gasteiger partial charge on any atom is -0.268 e. The van der Waals surface area contributed by atoms with Crippen LogP contribution in [0.3, 0.4) is 0 Å². The predicted molar refractivity (Wildman–Crippen MR) is 103 cm³/mol. The Balaban J connectivity index is 1.82. The number of allylic oxidation sites excluding steroid dienone is 1. The van der Waals surface area contributed by atoms with E-state index < -0.39 is 6.04 Å². The van der Waals surface area contributed by atoms with Gasteiger partial charge < -0.3 is 0 Å². The molecule has 0 aliphatic carbocycles. The van der Waals surface area contributed by atoms with E-state index in [9.17, 15) is 4.79 Å². The summed E-state index contributed by atoms with van der Waals surface area (Å²) in [5, 5.41) is 1.67. The molecule has 1 heterocycles. The average Bonchev–Trinajstić information content (AvgIpc) is 2.84. The van der Waals surface area contributed by atoms with Crippen molar-refractivity contribution in [3.05, 3.63) is 71.8 Å². The molecule has 0 saturated carbocycles. The predicted octanol–water partition coefficient (Wildman–Crippen LogP) is 3.59. The fourth-order valence-electron chi connectivity index (χ4n) is 2.86. The summed E-state index contributed by atoms with van der Waals surface area (Å²) in [6.07, 6.45) is 3.83. The number of benzene rings is 2. The van der Waals surface area contributed by atoms with Crippen molar-refractivity contribution in [3.8, 4) is 0 Å². The summed E-state index contributed by atoms with van der Waals surface area (Å²) >= 11 is 0. The third-order valence-corrected chi connectivity index (χ3v) is 4.27. The van der Waals surface area contributed by atoms with Gasteiger partial charge >= 0.3 is 5.91 Å². The molecule has 3 rings (SSSR count). The number of rotatable bonds is 4. The van der Waals surface area contributed by atoms with Crippen LogP contribution in [0.25, 0.3) is 6.08 Å². The molecule has 0 aromatic heterocycles. The zero-order chi connectivity index (χ0) is 17.8. The highest BCUT2D eigenvalue weighted by Gasteiger charge is 2.44. The molecule has 4 nitrogen and oxygen atoms in total. The Morgan fingerprint density at radius 3 is 2.32 bits per heavy atom. The number of amides is 1. The van der Waals surface area contributed by atoms with Crippen LogP contribution in [0.2, 0.25) is 0 Å². The molecule has 0 N–H and O–H groups in total. The molecule has 0 bridgehead atoms. The van der Waals surface area contributed by atoms with Crippen molar-refractivity contribution in [2.75, 3.05) is 12.1 Å². The van der Waals surface area contributed by atoms with Crippen molar-refractivity contribution in [2.45, 2.75) is 19.9 Å². The first-order chi connectivity index (χ1) is 12.1. The first-order valence-electron chi connectivity index (χ1n) is 8.30.